The van der Waals surface area contributed by atoms with Crippen molar-refractivity contribution in [2.75, 3.05) is 0 Å². The number of allylic oxidation sites excluding steroid dienone is 2. The van der Waals surface area contributed by atoms with E-state index in [9.17, 15) is 0 Å². The Bertz CT molecular complexity index is 1270. The van der Waals surface area contributed by atoms with Gasteiger partial charge in [-0.05, 0) is 35.7 Å². The average Bonchev–Trinajstić information content (AvgIpc) is 3.08. The van der Waals surface area contributed by atoms with E-state index in [4.69, 9.17) is 0 Å². The Balaban J connectivity index is 1.94. The molecule has 0 radical (unpaired) electrons. The van der Waals surface area contributed by atoms with Crippen LogP contribution in [0.2, 0.25) is 0 Å². The summed E-state index contributed by atoms with van der Waals surface area (Å²) in [5, 5.41) is 7.69. The summed E-state index contributed by atoms with van der Waals surface area (Å²) in [7, 11) is 0. The summed E-state index contributed by atoms with van der Waals surface area (Å²) in [5.74, 6) is 0. The highest BCUT2D eigenvalue weighted by molar-refractivity contribution is 6.23. The second-order valence-electron chi connectivity index (χ2n) is 6.99. The fourth-order valence-corrected chi connectivity index (χ4v) is 4.26. The first-order valence-electron chi connectivity index (χ1n) is 9.46. The SMILES string of the molecule is C/C=C/c1cccc2c1ccc1c3ccc4c(/C=C/C)cccc4c3[nH]c21. The fourth-order valence-electron chi connectivity index (χ4n) is 4.26. The quantitative estimate of drug-likeness (QED) is 0.337. The van der Waals surface area contributed by atoms with E-state index >= 15 is 0 Å². The Morgan fingerprint density at radius 2 is 0.926 bits per heavy atom. The predicted octanol–water partition coefficient (Wildman–Crippen LogP) is 7.69. The van der Waals surface area contributed by atoms with E-state index in [0.717, 1.165) is 0 Å². The van der Waals surface area contributed by atoms with Crippen molar-refractivity contribution in [3.63, 3.8) is 0 Å². The van der Waals surface area contributed by atoms with Crippen LogP contribution in [0.5, 0.6) is 0 Å². The Hall–Kier alpha value is -3.32. The summed E-state index contributed by atoms with van der Waals surface area (Å²) in [6.07, 6.45) is 8.55. The fraction of sp³-hybridized carbons (Fsp3) is 0.0769. The van der Waals surface area contributed by atoms with Gasteiger partial charge in [0, 0.05) is 21.5 Å². The van der Waals surface area contributed by atoms with Crippen molar-refractivity contribution in [1.29, 1.82) is 0 Å². The van der Waals surface area contributed by atoms with Crippen LogP contribution in [0.25, 0.3) is 55.5 Å². The van der Waals surface area contributed by atoms with Crippen LogP contribution in [0.15, 0.2) is 72.8 Å². The molecule has 0 spiro atoms. The minimum absolute atomic E-state index is 1.22. The molecule has 4 aromatic carbocycles. The van der Waals surface area contributed by atoms with Crippen molar-refractivity contribution in [2.24, 2.45) is 0 Å². The molecule has 1 nitrogen and oxygen atoms in total. The number of hydrogen-bond acceptors (Lipinski definition) is 0. The molecule has 1 heteroatoms. The molecule has 5 rings (SSSR count). The molecule has 0 bridgehead atoms. The first-order valence-corrected chi connectivity index (χ1v) is 9.46. The van der Waals surface area contributed by atoms with Gasteiger partial charge in [-0.3, -0.25) is 0 Å². The van der Waals surface area contributed by atoms with Gasteiger partial charge >= 0.3 is 0 Å². The highest BCUT2D eigenvalue weighted by Crippen LogP contribution is 2.36. The highest BCUT2D eigenvalue weighted by Gasteiger charge is 2.12. The van der Waals surface area contributed by atoms with Gasteiger partial charge in [0.2, 0.25) is 0 Å². The molecule has 1 N–H and O–H groups in total. The van der Waals surface area contributed by atoms with Crippen LogP contribution in [0.3, 0.4) is 0 Å². The van der Waals surface area contributed by atoms with Crippen LogP contribution in [0, 0.1) is 0 Å². The maximum absolute atomic E-state index is 3.75. The molecule has 5 aromatic rings. The van der Waals surface area contributed by atoms with Crippen LogP contribution in [0.1, 0.15) is 25.0 Å². The van der Waals surface area contributed by atoms with Crippen molar-refractivity contribution in [3.8, 4) is 0 Å². The second-order valence-corrected chi connectivity index (χ2v) is 6.99. The number of fused-ring (bicyclic) bond motifs is 7. The van der Waals surface area contributed by atoms with E-state index in [0.29, 0.717) is 0 Å². The smallest absolute Gasteiger partial charge is 0.0544 e. The summed E-state index contributed by atoms with van der Waals surface area (Å²) in [6, 6.07) is 22.1. The van der Waals surface area contributed by atoms with Crippen LogP contribution in [-0.4, -0.2) is 4.98 Å². The Morgan fingerprint density at radius 1 is 0.519 bits per heavy atom. The van der Waals surface area contributed by atoms with E-state index in [-0.39, 0.29) is 0 Å². The molecule has 0 saturated carbocycles. The number of rotatable bonds is 2. The number of aromatic nitrogens is 1. The minimum Gasteiger partial charge on any atom is -0.353 e. The number of benzene rings is 4. The normalized spacial score (nSPS) is 12.5. The monoisotopic (exact) mass is 347 g/mol. The zero-order valence-electron chi connectivity index (χ0n) is 15.6. The van der Waals surface area contributed by atoms with Crippen LogP contribution in [0.4, 0.5) is 0 Å². The lowest BCUT2D eigenvalue weighted by Gasteiger charge is -2.04. The van der Waals surface area contributed by atoms with Crippen LogP contribution < -0.4 is 0 Å². The first-order chi connectivity index (χ1) is 13.3. The second kappa shape index (κ2) is 6.14. The topological polar surface area (TPSA) is 15.8 Å². The van der Waals surface area contributed by atoms with E-state index < -0.39 is 0 Å². The zero-order valence-corrected chi connectivity index (χ0v) is 15.6. The Morgan fingerprint density at radius 3 is 1.37 bits per heavy atom. The Labute approximate surface area is 158 Å². The third-order valence-corrected chi connectivity index (χ3v) is 5.42. The molecule has 1 aromatic heterocycles. The van der Waals surface area contributed by atoms with Gasteiger partial charge in [-0.1, -0.05) is 85.0 Å². The number of nitrogens with one attached hydrogen (secondary N) is 1. The maximum Gasteiger partial charge on any atom is 0.0544 e. The summed E-state index contributed by atoms with van der Waals surface area (Å²) >= 11 is 0. The minimum atomic E-state index is 1.22. The van der Waals surface area contributed by atoms with E-state index in [1.54, 1.807) is 0 Å². The zero-order chi connectivity index (χ0) is 18.4. The summed E-state index contributed by atoms with van der Waals surface area (Å²) in [5.41, 5.74) is 4.96. The van der Waals surface area contributed by atoms with E-state index in [1.165, 1.54) is 54.5 Å². The molecule has 0 fully saturated rings. The van der Waals surface area contributed by atoms with Crippen molar-refractivity contribution in [1.82, 2.24) is 4.98 Å². The Kier molecular flexibility index (Phi) is 3.61. The van der Waals surface area contributed by atoms with Crippen molar-refractivity contribution >= 4 is 55.5 Å². The molecule has 0 aliphatic heterocycles. The van der Waals surface area contributed by atoms with Crippen LogP contribution >= 0.6 is 0 Å². The van der Waals surface area contributed by atoms with Crippen molar-refractivity contribution in [2.45, 2.75) is 13.8 Å². The highest BCUT2D eigenvalue weighted by atomic mass is 14.7. The number of H-pyrrole nitrogens is 1. The lowest BCUT2D eigenvalue weighted by atomic mass is 9.99. The first kappa shape index (κ1) is 15.9. The largest absolute Gasteiger partial charge is 0.353 e. The molecule has 0 aliphatic carbocycles. The van der Waals surface area contributed by atoms with Gasteiger partial charge in [0.1, 0.15) is 0 Å². The molecule has 0 saturated heterocycles. The molecule has 0 aliphatic rings. The van der Waals surface area contributed by atoms with Gasteiger partial charge < -0.3 is 4.98 Å². The molecule has 130 valence electrons. The summed E-state index contributed by atoms with van der Waals surface area (Å²) in [6.45, 7) is 4.13. The number of hydrogen-bond donors (Lipinski definition) is 1. The third-order valence-electron chi connectivity index (χ3n) is 5.42. The molecular formula is C26H21N. The molecule has 1 heterocycles. The third kappa shape index (κ3) is 2.32. The van der Waals surface area contributed by atoms with Crippen LogP contribution in [-0.2, 0) is 0 Å². The predicted molar refractivity (Wildman–Crippen MR) is 120 cm³/mol. The van der Waals surface area contributed by atoms with E-state index in [2.05, 4.69) is 104 Å². The van der Waals surface area contributed by atoms with Gasteiger partial charge in [0.05, 0.1) is 11.0 Å². The summed E-state index contributed by atoms with van der Waals surface area (Å²) < 4.78 is 0. The molecule has 27 heavy (non-hydrogen) atoms. The molecule has 0 amide bonds. The molecule has 0 atom stereocenters. The van der Waals surface area contributed by atoms with Gasteiger partial charge in [-0.15, -0.1) is 0 Å². The van der Waals surface area contributed by atoms with Gasteiger partial charge in [0.25, 0.3) is 0 Å². The molecular weight excluding hydrogens is 326 g/mol. The van der Waals surface area contributed by atoms with E-state index in [1.807, 2.05) is 0 Å². The summed E-state index contributed by atoms with van der Waals surface area (Å²) in [4.78, 5) is 3.75. The van der Waals surface area contributed by atoms with Crippen molar-refractivity contribution in [3.05, 3.63) is 83.9 Å². The lowest BCUT2D eigenvalue weighted by Crippen LogP contribution is -1.80. The van der Waals surface area contributed by atoms with Gasteiger partial charge in [-0.25, -0.2) is 0 Å². The number of aromatic amines is 1. The van der Waals surface area contributed by atoms with Gasteiger partial charge in [-0.2, -0.15) is 0 Å². The van der Waals surface area contributed by atoms with Crippen molar-refractivity contribution < 1.29 is 0 Å². The maximum atomic E-state index is 3.75. The lowest BCUT2D eigenvalue weighted by molar-refractivity contribution is 1.58. The standard InChI is InChI=1S/C26H21N/c1-3-7-17-9-5-11-21-19(17)13-15-23-24-16-14-20-18(8-4-2)10-6-12-22(20)26(24)27-25(21)23/h3-16,27H,1-2H3/b7-3+,8-4+. The molecule has 0 unspecified atom stereocenters. The average molecular weight is 347 g/mol. The van der Waals surface area contributed by atoms with Gasteiger partial charge in [0.15, 0.2) is 0 Å².